The maximum atomic E-state index is 15.1. The summed E-state index contributed by atoms with van der Waals surface area (Å²) in [4.78, 5) is 64.2. The van der Waals surface area contributed by atoms with Gasteiger partial charge >= 0.3 is 5.97 Å². The molecule has 0 bridgehead atoms. The summed E-state index contributed by atoms with van der Waals surface area (Å²) >= 11 is 0. The highest BCUT2D eigenvalue weighted by Crippen LogP contribution is 2.48. The lowest BCUT2D eigenvalue weighted by atomic mass is 10.2. The summed E-state index contributed by atoms with van der Waals surface area (Å²) in [5, 5.41) is 5.16. The second-order valence-corrected chi connectivity index (χ2v) is 9.99. The molecule has 42 heavy (non-hydrogen) atoms. The standard InChI is InChI=1S/C30H31FN4O7/c1-5-41-30(40)27-25(28(38)32-18-8-6-17(2)7-9-18)26(27)29(39)33-22-11-10-19(14-21(22)31)35-13-12-20(15-23(35)36)42-16-24(37)34(3)4/h6-15,25-27H,5,16H2,1-4H3,(H,32,38)(H,33,39)/t25-,26+,27+/m1/s1. The molecule has 1 aliphatic rings. The molecule has 3 amide bonds. The van der Waals surface area contributed by atoms with Crippen LogP contribution < -0.4 is 20.9 Å². The van der Waals surface area contributed by atoms with Crippen LogP contribution in [0.25, 0.3) is 5.69 Å². The Labute approximate surface area is 241 Å². The molecule has 0 radical (unpaired) electrons. The number of aryl methyl sites for hydroxylation is 1. The van der Waals surface area contributed by atoms with Gasteiger partial charge in [0.2, 0.25) is 11.8 Å². The Morgan fingerprint density at radius 3 is 2.19 bits per heavy atom. The Kier molecular flexibility index (Phi) is 9.04. The highest BCUT2D eigenvalue weighted by molar-refractivity contribution is 6.08. The van der Waals surface area contributed by atoms with Crippen molar-refractivity contribution in [3.8, 4) is 11.4 Å². The number of nitrogens with zero attached hydrogens (tertiary/aromatic N) is 2. The molecule has 1 saturated carbocycles. The lowest BCUT2D eigenvalue weighted by Crippen LogP contribution is -2.28. The molecule has 0 aliphatic heterocycles. The summed E-state index contributed by atoms with van der Waals surface area (Å²) in [5.74, 6) is -5.91. The van der Waals surface area contributed by atoms with E-state index in [1.54, 1.807) is 33.2 Å². The Hall–Kier alpha value is -5.00. The zero-order valence-corrected chi connectivity index (χ0v) is 23.5. The van der Waals surface area contributed by atoms with Gasteiger partial charge in [-0.05, 0) is 44.2 Å². The van der Waals surface area contributed by atoms with Crippen LogP contribution >= 0.6 is 0 Å². The van der Waals surface area contributed by atoms with Crippen molar-refractivity contribution in [2.75, 3.05) is 37.9 Å². The minimum absolute atomic E-state index is 0.0761. The lowest BCUT2D eigenvalue weighted by molar-refractivity contribution is -0.146. The molecule has 3 atom stereocenters. The number of ether oxygens (including phenoxy) is 2. The van der Waals surface area contributed by atoms with Gasteiger partial charge in [-0.25, -0.2) is 4.39 Å². The van der Waals surface area contributed by atoms with Gasteiger partial charge in [-0.3, -0.25) is 28.5 Å². The maximum Gasteiger partial charge on any atom is 0.310 e. The number of pyridine rings is 1. The number of likely N-dealkylation sites (N-methyl/N-ethyl adjacent to an activating group) is 1. The first-order valence-corrected chi connectivity index (χ1v) is 13.2. The van der Waals surface area contributed by atoms with Crippen molar-refractivity contribution in [3.63, 3.8) is 0 Å². The number of anilines is 2. The normalized spacial score (nSPS) is 17.1. The fourth-order valence-corrected chi connectivity index (χ4v) is 4.37. The molecule has 11 nitrogen and oxygen atoms in total. The third kappa shape index (κ3) is 6.82. The summed E-state index contributed by atoms with van der Waals surface area (Å²) < 4.78 is 26.6. The van der Waals surface area contributed by atoms with E-state index in [2.05, 4.69) is 10.6 Å². The van der Waals surface area contributed by atoms with E-state index in [9.17, 15) is 24.0 Å². The summed E-state index contributed by atoms with van der Waals surface area (Å²) in [5.41, 5.74) is 0.971. The Balaban J connectivity index is 1.46. The highest BCUT2D eigenvalue weighted by Gasteiger charge is 2.63. The number of benzene rings is 2. The number of amides is 3. The first-order valence-electron chi connectivity index (χ1n) is 13.2. The monoisotopic (exact) mass is 578 g/mol. The van der Waals surface area contributed by atoms with Gasteiger partial charge in [-0.15, -0.1) is 0 Å². The van der Waals surface area contributed by atoms with Crippen LogP contribution in [0.3, 0.4) is 0 Å². The largest absolute Gasteiger partial charge is 0.484 e. The van der Waals surface area contributed by atoms with Crippen LogP contribution in [-0.2, 0) is 23.9 Å². The van der Waals surface area contributed by atoms with Gasteiger partial charge in [0, 0.05) is 38.1 Å². The molecule has 1 fully saturated rings. The van der Waals surface area contributed by atoms with Crippen LogP contribution in [0.2, 0.25) is 0 Å². The van der Waals surface area contributed by atoms with Gasteiger partial charge in [-0.1, -0.05) is 17.7 Å². The van der Waals surface area contributed by atoms with E-state index < -0.39 is 46.9 Å². The van der Waals surface area contributed by atoms with E-state index in [1.165, 1.54) is 39.9 Å². The van der Waals surface area contributed by atoms with Crippen molar-refractivity contribution in [1.29, 1.82) is 0 Å². The molecule has 1 heterocycles. The number of hydrogen-bond donors (Lipinski definition) is 2. The number of esters is 1. The fraction of sp³-hybridized carbons (Fsp3) is 0.300. The molecule has 0 spiro atoms. The fourth-order valence-electron chi connectivity index (χ4n) is 4.37. The molecule has 1 aromatic heterocycles. The van der Waals surface area contributed by atoms with Gasteiger partial charge < -0.3 is 25.0 Å². The molecule has 12 heteroatoms. The minimum Gasteiger partial charge on any atom is -0.484 e. The molecule has 1 aliphatic carbocycles. The number of nitrogens with one attached hydrogen (secondary N) is 2. The lowest BCUT2D eigenvalue weighted by Gasteiger charge is -2.12. The van der Waals surface area contributed by atoms with E-state index in [1.807, 2.05) is 19.1 Å². The first-order chi connectivity index (χ1) is 20.0. The SMILES string of the molecule is CCOC(=O)[C@H]1[C@H](C(=O)Nc2ccc(C)cc2)[C@@H]1C(=O)Nc1ccc(-n2ccc(OCC(=O)N(C)C)cc2=O)cc1F. The van der Waals surface area contributed by atoms with Crippen molar-refractivity contribution < 1.29 is 33.0 Å². The number of rotatable bonds is 10. The zero-order valence-electron chi connectivity index (χ0n) is 23.5. The zero-order chi connectivity index (χ0) is 30.6. The van der Waals surface area contributed by atoms with Crippen LogP contribution in [0.5, 0.6) is 5.75 Å². The van der Waals surface area contributed by atoms with Crippen LogP contribution in [0.4, 0.5) is 15.8 Å². The topological polar surface area (TPSA) is 136 Å². The summed E-state index contributed by atoms with van der Waals surface area (Å²) in [6, 6.07) is 13.4. The summed E-state index contributed by atoms with van der Waals surface area (Å²) in [7, 11) is 3.16. The number of carbonyl (C=O) groups excluding carboxylic acids is 4. The molecule has 2 N–H and O–H groups in total. The van der Waals surface area contributed by atoms with Crippen LogP contribution in [0.15, 0.2) is 65.6 Å². The van der Waals surface area contributed by atoms with Crippen molar-refractivity contribution in [3.05, 3.63) is 82.5 Å². The van der Waals surface area contributed by atoms with E-state index >= 15 is 4.39 Å². The van der Waals surface area contributed by atoms with Gasteiger partial charge in [0.25, 0.3) is 11.5 Å². The quantitative estimate of drug-likeness (QED) is 0.353. The van der Waals surface area contributed by atoms with Crippen molar-refractivity contribution >= 4 is 35.1 Å². The summed E-state index contributed by atoms with van der Waals surface area (Å²) in [6.07, 6.45) is 1.37. The van der Waals surface area contributed by atoms with Gasteiger partial charge in [0.15, 0.2) is 6.61 Å². The van der Waals surface area contributed by atoms with Crippen molar-refractivity contribution in [1.82, 2.24) is 9.47 Å². The summed E-state index contributed by atoms with van der Waals surface area (Å²) in [6.45, 7) is 3.35. The molecule has 220 valence electrons. The van der Waals surface area contributed by atoms with Crippen LogP contribution in [0, 0.1) is 30.5 Å². The van der Waals surface area contributed by atoms with E-state index in [0.717, 1.165) is 11.6 Å². The van der Waals surface area contributed by atoms with E-state index in [-0.39, 0.29) is 36.2 Å². The molecule has 4 rings (SSSR count). The van der Waals surface area contributed by atoms with Gasteiger partial charge in [-0.2, -0.15) is 0 Å². The molecular formula is C30H31FN4O7. The smallest absolute Gasteiger partial charge is 0.310 e. The van der Waals surface area contributed by atoms with E-state index in [4.69, 9.17) is 9.47 Å². The molecule has 0 saturated heterocycles. The third-order valence-electron chi connectivity index (χ3n) is 6.74. The van der Waals surface area contributed by atoms with Crippen molar-refractivity contribution in [2.45, 2.75) is 13.8 Å². The second-order valence-electron chi connectivity index (χ2n) is 9.99. The predicted octanol–water partition coefficient (Wildman–Crippen LogP) is 2.75. The predicted molar refractivity (Wildman–Crippen MR) is 152 cm³/mol. The van der Waals surface area contributed by atoms with Crippen LogP contribution in [0.1, 0.15) is 12.5 Å². The number of aromatic nitrogens is 1. The maximum absolute atomic E-state index is 15.1. The van der Waals surface area contributed by atoms with Crippen molar-refractivity contribution in [2.24, 2.45) is 17.8 Å². The number of hydrogen-bond acceptors (Lipinski definition) is 7. The highest BCUT2D eigenvalue weighted by atomic mass is 19.1. The van der Waals surface area contributed by atoms with E-state index in [0.29, 0.717) is 5.69 Å². The molecule has 2 aromatic carbocycles. The Bertz CT molecular complexity index is 1570. The van der Waals surface area contributed by atoms with Gasteiger partial charge in [0.05, 0.1) is 35.7 Å². The molecular weight excluding hydrogens is 547 g/mol. The average molecular weight is 579 g/mol. The molecule has 3 aromatic rings. The number of carbonyl (C=O) groups is 4. The number of halogens is 1. The van der Waals surface area contributed by atoms with Crippen LogP contribution in [-0.4, -0.2) is 60.5 Å². The first kappa shape index (κ1) is 30.0. The second kappa shape index (κ2) is 12.7. The van der Waals surface area contributed by atoms with Gasteiger partial charge in [0.1, 0.15) is 11.6 Å². The minimum atomic E-state index is -1.05. The Morgan fingerprint density at radius 2 is 1.60 bits per heavy atom. The molecule has 0 unspecified atom stereocenters. The average Bonchev–Trinajstić information content (AvgIpc) is 3.71. The third-order valence-corrected chi connectivity index (χ3v) is 6.74. The Morgan fingerprint density at radius 1 is 0.929 bits per heavy atom.